The first kappa shape index (κ1) is 14.7. The Morgan fingerprint density at radius 2 is 2.06 bits per heavy atom. The van der Waals surface area contributed by atoms with Gasteiger partial charge in [0.25, 0.3) is 0 Å². The average Bonchev–Trinajstić information content (AvgIpc) is 2.86. The van der Waals surface area contributed by atoms with Gasteiger partial charge in [-0.05, 0) is 45.3 Å². The van der Waals surface area contributed by atoms with Crippen LogP contribution < -0.4 is 5.32 Å². The van der Waals surface area contributed by atoms with E-state index in [1.807, 2.05) is 0 Å². The van der Waals surface area contributed by atoms with Crippen molar-refractivity contribution in [2.24, 2.45) is 0 Å². The minimum absolute atomic E-state index is 0.109. The van der Waals surface area contributed by atoms with Crippen LogP contribution in [-0.2, 0) is 4.74 Å². The van der Waals surface area contributed by atoms with E-state index in [0.29, 0.717) is 10.8 Å². The number of rotatable bonds is 5. The summed E-state index contributed by atoms with van der Waals surface area (Å²) in [5.41, 5.74) is 0.109. The fourth-order valence-electron chi connectivity index (χ4n) is 3.35. The zero-order chi connectivity index (χ0) is 13.1. The molecule has 2 unspecified atom stereocenters. The largest absolute Gasteiger partial charge is 0.375 e. The quantitative estimate of drug-likeness (QED) is 0.825. The summed E-state index contributed by atoms with van der Waals surface area (Å²) in [5.74, 6) is 0. The van der Waals surface area contributed by atoms with E-state index in [9.17, 15) is 0 Å². The highest BCUT2D eigenvalue weighted by Gasteiger charge is 2.36. The van der Waals surface area contributed by atoms with Gasteiger partial charge in [0.05, 0.1) is 5.60 Å². The van der Waals surface area contributed by atoms with Gasteiger partial charge >= 0.3 is 0 Å². The van der Waals surface area contributed by atoms with Gasteiger partial charge in [-0.3, -0.25) is 0 Å². The van der Waals surface area contributed by atoms with Gasteiger partial charge < -0.3 is 10.1 Å². The summed E-state index contributed by atoms with van der Waals surface area (Å²) in [4.78, 5) is 0. The van der Waals surface area contributed by atoms with Crippen molar-refractivity contribution in [3.63, 3.8) is 0 Å². The Hall–Kier alpha value is 0.270. The van der Waals surface area contributed by atoms with E-state index in [4.69, 9.17) is 4.74 Å². The van der Waals surface area contributed by atoms with E-state index < -0.39 is 0 Å². The van der Waals surface area contributed by atoms with Crippen molar-refractivity contribution in [1.82, 2.24) is 5.32 Å². The van der Waals surface area contributed by atoms with E-state index in [1.54, 1.807) is 0 Å². The maximum absolute atomic E-state index is 5.92. The normalized spacial score (nSPS) is 35.8. The lowest BCUT2D eigenvalue weighted by molar-refractivity contribution is -0.0780. The van der Waals surface area contributed by atoms with Gasteiger partial charge in [0.1, 0.15) is 0 Å². The zero-order valence-corrected chi connectivity index (χ0v) is 13.1. The molecule has 0 aromatic rings. The molecule has 0 aromatic carbocycles. The lowest BCUT2D eigenvalue weighted by Crippen LogP contribution is -2.48. The van der Waals surface area contributed by atoms with Crippen LogP contribution in [0.2, 0.25) is 0 Å². The highest BCUT2D eigenvalue weighted by Crippen LogP contribution is 2.40. The third-order valence-corrected chi connectivity index (χ3v) is 6.42. The molecule has 18 heavy (non-hydrogen) atoms. The van der Waals surface area contributed by atoms with Crippen molar-refractivity contribution in [3.05, 3.63) is 0 Å². The molecule has 2 fully saturated rings. The molecule has 1 saturated heterocycles. The van der Waals surface area contributed by atoms with Crippen molar-refractivity contribution in [2.75, 3.05) is 19.4 Å². The van der Waals surface area contributed by atoms with Crippen LogP contribution in [0.1, 0.15) is 58.8 Å². The number of nitrogens with one attached hydrogen (secondary N) is 1. The molecule has 1 N–H and O–H groups in total. The molecule has 0 spiro atoms. The van der Waals surface area contributed by atoms with Crippen molar-refractivity contribution in [3.8, 4) is 0 Å². The summed E-state index contributed by atoms with van der Waals surface area (Å²) in [6.45, 7) is 6.62. The van der Waals surface area contributed by atoms with Gasteiger partial charge in [-0.2, -0.15) is 11.8 Å². The smallest absolute Gasteiger partial charge is 0.0666 e. The van der Waals surface area contributed by atoms with Gasteiger partial charge in [-0.25, -0.2) is 0 Å². The Labute approximate surface area is 117 Å². The monoisotopic (exact) mass is 271 g/mol. The predicted molar refractivity (Wildman–Crippen MR) is 80.4 cm³/mol. The van der Waals surface area contributed by atoms with Crippen LogP contribution in [0.25, 0.3) is 0 Å². The highest BCUT2D eigenvalue weighted by molar-refractivity contribution is 8.00. The topological polar surface area (TPSA) is 21.3 Å². The van der Waals surface area contributed by atoms with E-state index >= 15 is 0 Å². The van der Waals surface area contributed by atoms with Crippen molar-refractivity contribution in [2.45, 2.75) is 75.2 Å². The summed E-state index contributed by atoms with van der Waals surface area (Å²) >= 11 is 2.08. The van der Waals surface area contributed by atoms with Gasteiger partial charge in [-0.15, -0.1) is 0 Å². The minimum Gasteiger partial charge on any atom is -0.375 e. The molecule has 2 aliphatic rings. The van der Waals surface area contributed by atoms with Crippen LogP contribution in [0.3, 0.4) is 0 Å². The molecule has 1 aliphatic heterocycles. The molecule has 0 amide bonds. The Morgan fingerprint density at radius 1 is 1.33 bits per heavy atom. The predicted octanol–water partition coefficient (Wildman–Crippen LogP) is 3.60. The summed E-state index contributed by atoms with van der Waals surface area (Å²) < 4.78 is 6.45. The molecule has 1 heterocycles. The van der Waals surface area contributed by atoms with Crippen LogP contribution in [0.5, 0.6) is 0 Å². The number of hydrogen-bond donors (Lipinski definition) is 1. The van der Waals surface area contributed by atoms with Crippen LogP contribution >= 0.6 is 11.8 Å². The lowest BCUT2D eigenvalue weighted by atomic mass is 9.89. The zero-order valence-electron chi connectivity index (χ0n) is 12.3. The van der Waals surface area contributed by atoms with Gasteiger partial charge in [0.2, 0.25) is 0 Å². The van der Waals surface area contributed by atoms with E-state index in [-0.39, 0.29) is 5.60 Å². The second-order valence-electron chi connectivity index (χ2n) is 6.32. The maximum atomic E-state index is 5.92. The first-order valence-corrected chi connectivity index (χ1v) is 8.76. The number of thioether (sulfide) groups is 1. The first-order valence-electron chi connectivity index (χ1n) is 7.54. The fraction of sp³-hybridized carbons (Fsp3) is 1.00. The molecular weight excluding hydrogens is 242 g/mol. The number of hydrogen-bond acceptors (Lipinski definition) is 3. The Morgan fingerprint density at radius 3 is 2.67 bits per heavy atom. The average molecular weight is 271 g/mol. The molecule has 2 atom stereocenters. The number of ether oxygens (including phenoxy) is 1. The Bertz CT molecular complexity index is 265. The molecule has 1 saturated carbocycles. The molecule has 0 aromatic heterocycles. The molecule has 2 nitrogen and oxygen atoms in total. The molecular formula is C15H29NOS. The van der Waals surface area contributed by atoms with Gasteiger partial charge in [-0.1, -0.05) is 19.8 Å². The van der Waals surface area contributed by atoms with Crippen molar-refractivity contribution >= 4 is 11.8 Å². The Kier molecular flexibility index (Phi) is 5.01. The molecule has 1 aliphatic carbocycles. The molecule has 0 radical (unpaired) electrons. The van der Waals surface area contributed by atoms with E-state index in [1.165, 1.54) is 45.1 Å². The van der Waals surface area contributed by atoms with Crippen LogP contribution in [0, 0.1) is 0 Å². The molecule has 2 rings (SSSR count). The van der Waals surface area contributed by atoms with Crippen LogP contribution in [-0.4, -0.2) is 35.8 Å². The summed E-state index contributed by atoms with van der Waals surface area (Å²) in [5, 5.41) is 3.84. The first-order chi connectivity index (χ1) is 8.61. The Balaban J connectivity index is 1.82. The van der Waals surface area contributed by atoms with Gasteiger partial charge in [0.15, 0.2) is 0 Å². The van der Waals surface area contributed by atoms with E-state index in [0.717, 1.165) is 13.0 Å². The molecule has 0 bridgehead atoms. The van der Waals surface area contributed by atoms with E-state index in [2.05, 4.69) is 37.2 Å². The highest BCUT2D eigenvalue weighted by atomic mass is 32.2. The standard InChI is InChI=1S/C15H29NOS/c1-4-14(2)11-13(7-10-17-14)16-12-15(18-3)8-5-6-9-15/h13,16H,4-12H2,1-3H3. The summed E-state index contributed by atoms with van der Waals surface area (Å²) in [7, 11) is 0. The molecule has 106 valence electrons. The van der Waals surface area contributed by atoms with Crippen molar-refractivity contribution < 1.29 is 4.74 Å². The fourth-order valence-corrected chi connectivity index (χ4v) is 4.28. The summed E-state index contributed by atoms with van der Waals surface area (Å²) in [6.07, 6.45) is 11.4. The SMILES string of the molecule is CCC1(C)CC(NCC2(SC)CCCC2)CCO1. The summed E-state index contributed by atoms with van der Waals surface area (Å²) in [6, 6.07) is 0.660. The second kappa shape index (κ2) is 6.15. The van der Waals surface area contributed by atoms with Gasteiger partial charge in [0, 0.05) is 23.9 Å². The second-order valence-corrected chi connectivity index (χ2v) is 7.59. The lowest BCUT2D eigenvalue weighted by Gasteiger charge is -2.39. The van der Waals surface area contributed by atoms with Crippen LogP contribution in [0.4, 0.5) is 0 Å². The maximum Gasteiger partial charge on any atom is 0.0666 e. The van der Waals surface area contributed by atoms with Crippen molar-refractivity contribution in [1.29, 1.82) is 0 Å². The molecule has 3 heteroatoms. The third kappa shape index (κ3) is 3.43. The van der Waals surface area contributed by atoms with Crippen LogP contribution in [0.15, 0.2) is 0 Å². The minimum atomic E-state index is 0.109. The third-order valence-electron chi connectivity index (χ3n) is 5.00.